The minimum atomic E-state index is -3.90. The van der Waals surface area contributed by atoms with E-state index in [4.69, 9.17) is 11.6 Å². The Balaban J connectivity index is 2.65. The van der Waals surface area contributed by atoms with Crippen LogP contribution in [0.25, 0.3) is 0 Å². The van der Waals surface area contributed by atoms with Crippen LogP contribution in [0.1, 0.15) is 6.92 Å². The number of hydrogen-bond acceptors (Lipinski definition) is 7. The molecule has 0 unspecified atom stereocenters. The van der Waals surface area contributed by atoms with Gasteiger partial charge in [0.2, 0.25) is 15.8 Å². The third kappa shape index (κ3) is 3.77. The number of halogens is 1. The van der Waals surface area contributed by atoms with Gasteiger partial charge in [0.15, 0.2) is 14.9 Å². The molecule has 1 aromatic heterocycles. The second-order valence-corrected chi connectivity index (χ2v) is 9.26. The van der Waals surface area contributed by atoms with Crippen LogP contribution in [0.15, 0.2) is 35.5 Å². The number of sulfonamides is 1. The van der Waals surface area contributed by atoms with Crippen molar-refractivity contribution in [1.29, 1.82) is 0 Å². The van der Waals surface area contributed by atoms with E-state index in [1.54, 1.807) is 6.07 Å². The molecule has 1 heterocycles. The van der Waals surface area contributed by atoms with Gasteiger partial charge in [-0.1, -0.05) is 24.6 Å². The highest BCUT2D eigenvalue weighted by Gasteiger charge is 2.27. The molecule has 0 aliphatic rings. The predicted molar refractivity (Wildman–Crippen MR) is 89.9 cm³/mol. The van der Waals surface area contributed by atoms with Crippen molar-refractivity contribution in [3.05, 3.63) is 35.5 Å². The lowest BCUT2D eigenvalue weighted by Crippen LogP contribution is -2.26. The molecule has 0 bridgehead atoms. The van der Waals surface area contributed by atoms with Gasteiger partial charge < -0.3 is 5.11 Å². The molecule has 130 valence electrons. The van der Waals surface area contributed by atoms with Crippen LogP contribution in [0.4, 0.5) is 11.5 Å². The SMILES string of the molecule is CCS(=O)(=O)c1cnc(N(c2cccc(Cl)c2)S(C)(=O)=O)c(O)n1. The Hall–Kier alpha value is -1.91. The van der Waals surface area contributed by atoms with Crippen molar-refractivity contribution in [2.45, 2.75) is 11.9 Å². The van der Waals surface area contributed by atoms with E-state index in [9.17, 15) is 21.9 Å². The number of anilines is 2. The van der Waals surface area contributed by atoms with Crippen LogP contribution in [0.3, 0.4) is 0 Å². The molecule has 8 nitrogen and oxygen atoms in total. The quantitative estimate of drug-likeness (QED) is 0.824. The number of nitrogens with zero attached hydrogens (tertiary/aromatic N) is 3. The second kappa shape index (κ2) is 6.54. The smallest absolute Gasteiger partial charge is 0.257 e. The van der Waals surface area contributed by atoms with Crippen LogP contribution in [0.5, 0.6) is 5.88 Å². The molecular formula is C13H14ClN3O5S2. The van der Waals surface area contributed by atoms with E-state index in [1.165, 1.54) is 25.1 Å². The number of hydrogen-bond donors (Lipinski definition) is 1. The van der Waals surface area contributed by atoms with E-state index in [1.807, 2.05) is 0 Å². The third-order valence-corrected chi connectivity index (χ3v) is 5.85. The average molecular weight is 392 g/mol. The zero-order valence-corrected chi connectivity index (χ0v) is 15.1. The predicted octanol–water partition coefficient (Wildman–Crippen LogP) is 1.73. The van der Waals surface area contributed by atoms with Crippen molar-refractivity contribution in [2.75, 3.05) is 16.3 Å². The first-order chi connectivity index (χ1) is 11.1. The van der Waals surface area contributed by atoms with Crippen LogP contribution in [0.2, 0.25) is 5.02 Å². The fraction of sp³-hybridized carbons (Fsp3) is 0.231. The third-order valence-electron chi connectivity index (χ3n) is 2.98. The van der Waals surface area contributed by atoms with Crippen molar-refractivity contribution in [3.8, 4) is 5.88 Å². The number of aromatic nitrogens is 2. The maximum Gasteiger partial charge on any atom is 0.257 e. The highest BCUT2D eigenvalue weighted by atomic mass is 35.5. The van der Waals surface area contributed by atoms with E-state index in [-0.39, 0.29) is 16.5 Å². The Morgan fingerprint density at radius 1 is 1.25 bits per heavy atom. The van der Waals surface area contributed by atoms with Gasteiger partial charge in [-0.15, -0.1) is 0 Å². The van der Waals surface area contributed by atoms with Gasteiger partial charge in [0.05, 0.1) is 23.9 Å². The zero-order chi connectivity index (χ0) is 18.1. The Morgan fingerprint density at radius 3 is 2.42 bits per heavy atom. The molecule has 11 heteroatoms. The second-order valence-electron chi connectivity index (χ2n) is 4.77. The lowest BCUT2D eigenvalue weighted by atomic mass is 10.3. The van der Waals surface area contributed by atoms with Crippen LogP contribution in [0, 0.1) is 0 Å². The van der Waals surface area contributed by atoms with Gasteiger partial charge >= 0.3 is 0 Å². The van der Waals surface area contributed by atoms with E-state index >= 15 is 0 Å². The van der Waals surface area contributed by atoms with Gasteiger partial charge in [-0.3, -0.25) is 0 Å². The van der Waals surface area contributed by atoms with Gasteiger partial charge in [-0.2, -0.15) is 4.98 Å². The van der Waals surface area contributed by atoms with Gasteiger partial charge in [-0.05, 0) is 18.2 Å². The van der Waals surface area contributed by atoms with Crippen LogP contribution < -0.4 is 4.31 Å². The van der Waals surface area contributed by atoms with Crippen molar-refractivity contribution in [2.24, 2.45) is 0 Å². The molecule has 24 heavy (non-hydrogen) atoms. The molecule has 2 aromatic rings. The fourth-order valence-electron chi connectivity index (χ4n) is 1.87. The van der Waals surface area contributed by atoms with E-state index in [0.717, 1.165) is 16.8 Å². The monoisotopic (exact) mass is 391 g/mol. The largest absolute Gasteiger partial charge is 0.491 e. The van der Waals surface area contributed by atoms with Crippen LogP contribution >= 0.6 is 11.6 Å². The minimum Gasteiger partial charge on any atom is -0.491 e. The molecule has 0 radical (unpaired) electrons. The molecule has 0 saturated heterocycles. The van der Waals surface area contributed by atoms with Crippen molar-refractivity contribution >= 4 is 43.0 Å². The molecule has 0 atom stereocenters. The first-order valence-corrected chi connectivity index (χ1v) is 10.5. The molecule has 0 amide bonds. The number of sulfone groups is 1. The summed E-state index contributed by atoms with van der Waals surface area (Å²) in [5.41, 5.74) is 0.126. The molecular weight excluding hydrogens is 378 g/mol. The summed E-state index contributed by atoms with van der Waals surface area (Å²) in [7, 11) is -7.59. The Morgan fingerprint density at radius 2 is 1.92 bits per heavy atom. The van der Waals surface area contributed by atoms with Gasteiger partial charge in [0, 0.05) is 5.02 Å². The highest BCUT2D eigenvalue weighted by Crippen LogP contribution is 2.33. The van der Waals surface area contributed by atoms with Gasteiger partial charge in [-0.25, -0.2) is 26.1 Å². The lowest BCUT2D eigenvalue weighted by molar-refractivity contribution is 0.445. The average Bonchev–Trinajstić information content (AvgIpc) is 2.48. The number of aromatic hydroxyl groups is 1. The summed E-state index contributed by atoms with van der Waals surface area (Å²) in [6.45, 7) is 1.41. The van der Waals surface area contributed by atoms with Crippen LogP contribution in [-0.4, -0.2) is 43.9 Å². The van der Waals surface area contributed by atoms with Crippen molar-refractivity contribution in [1.82, 2.24) is 9.97 Å². The summed E-state index contributed by atoms with van der Waals surface area (Å²) >= 11 is 5.87. The highest BCUT2D eigenvalue weighted by molar-refractivity contribution is 7.92. The topological polar surface area (TPSA) is 118 Å². The Kier molecular flexibility index (Phi) is 5.02. The molecule has 2 rings (SSSR count). The Bertz CT molecular complexity index is 977. The molecule has 0 aliphatic carbocycles. The minimum absolute atomic E-state index is 0.126. The molecule has 0 fully saturated rings. The van der Waals surface area contributed by atoms with E-state index in [2.05, 4.69) is 9.97 Å². The number of benzene rings is 1. The van der Waals surface area contributed by atoms with E-state index < -0.39 is 36.6 Å². The maximum atomic E-state index is 12.1. The lowest BCUT2D eigenvalue weighted by Gasteiger charge is -2.21. The summed E-state index contributed by atoms with van der Waals surface area (Å²) < 4.78 is 48.5. The summed E-state index contributed by atoms with van der Waals surface area (Å²) in [6.07, 6.45) is 1.81. The fourth-order valence-corrected chi connectivity index (χ4v) is 3.73. The van der Waals surface area contributed by atoms with Gasteiger partial charge in [0.25, 0.3) is 5.88 Å². The molecule has 1 aromatic carbocycles. The zero-order valence-electron chi connectivity index (χ0n) is 12.7. The summed E-state index contributed by atoms with van der Waals surface area (Å²) in [6, 6.07) is 5.88. The van der Waals surface area contributed by atoms with Gasteiger partial charge in [0.1, 0.15) is 0 Å². The van der Waals surface area contributed by atoms with Crippen molar-refractivity contribution in [3.63, 3.8) is 0 Å². The first kappa shape index (κ1) is 18.4. The molecule has 1 N–H and O–H groups in total. The summed E-state index contributed by atoms with van der Waals surface area (Å²) in [5, 5.41) is 9.87. The van der Waals surface area contributed by atoms with Crippen LogP contribution in [-0.2, 0) is 19.9 Å². The molecule has 0 spiro atoms. The Labute approximate surface area is 144 Å². The maximum absolute atomic E-state index is 12.1. The molecule has 0 aliphatic heterocycles. The normalized spacial score (nSPS) is 12.1. The number of rotatable bonds is 5. The summed E-state index contributed by atoms with van der Waals surface area (Å²) in [4.78, 5) is 7.34. The first-order valence-electron chi connectivity index (χ1n) is 6.61. The van der Waals surface area contributed by atoms with Crippen molar-refractivity contribution < 1.29 is 21.9 Å². The molecule has 0 saturated carbocycles. The summed E-state index contributed by atoms with van der Waals surface area (Å²) in [5.74, 6) is -1.48. The van der Waals surface area contributed by atoms with E-state index in [0.29, 0.717) is 0 Å². The standard InChI is InChI=1S/C13H14ClN3O5S2/c1-3-24(21,22)11-8-15-12(13(18)16-11)17(23(2,19)20)10-6-4-5-9(14)7-10/h4-8H,3H2,1-2H3,(H,16,18).